The van der Waals surface area contributed by atoms with Gasteiger partial charge in [0, 0.05) is 29.1 Å². The molecule has 1 rings (SSSR count). The summed E-state index contributed by atoms with van der Waals surface area (Å²) in [5.74, 6) is 0. The van der Waals surface area contributed by atoms with E-state index in [1.54, 1.807) is 18.4 Å². The molecule has 0 spiro atoms. The lowest BCUT2D eigenvalue weighted by Gasteiger charge is -2.23. The highest BCUT2D eigenvalue weighted by Crippen LogP contribution is 2.33. The van der Waals surface area contributed by atoms with Crippen LogP contribution >= 0.6 is 27.3 Å². The van der Waals surface area contributed by atoms with E-state index in [0.717, 1.165) is 23.1 Å². The number of aliphatic hydroxyl groups is 1. The Morgan fingerprint density at radius 1 is 1.50 bits per heavy atom. The van der Waals surface area contributed by atoms with Crippen LogP contribution in [0.4, 0.5) is 0 Å². The maximum atomic E-state index is 10.3. The Morgan fingerprint density at radius 3 is 2.81 bits per heavy atom. The molecular weight excluding hydrogens is 290 g/mol. The van der Waals surface area contributed by atoms with Gasteiger partial charge in [0.2, 0.25) is 0 Å². The molecule has 5 heteroatoms. The fraction of sp³-hybridized carbons (Fsp3) is 0.636. The summed E-state index contributed by atoms with van der Waals surface area (Å²) in [4.78, 5) is 0. The standard InChI is InChI=1S/C11H18BrNO2S/c1-11(14,3-4-13-5-6-15-2)9-7-16-8-10(9)12/h7-8,13-14H,3-6H2,1-2H3. The molecule has 1 unspecified atom stereocenters. The average molecular weight is 308 g/mol. The monoisotopic (exact) mass is 307 g/mol. The first-order valence-electron chi connectivity index (χ1n) is 5.22. The summed E-state index contributed by atoms with van der Waals surface area (Å²) in [5.41, 5.74) is 0.185. The molecule has 0 aliphatic carbocycles. The fourth-order valence-electron chi connectivity index (χ4n) is 1.43. The number of thiophene rings is 1. The second-order valence-electron chi connectivity index (χ2n) is 3.90. The van der Waals surface area contributed by atoms with Crippen molar-refractivity contribution in [2.24, 2.45) is 0 Å². The summed E-state index contributed by atoms with van der Waals surface area (Å²) in [6.45, 7) is 4.14. The van der Waals surface area contributed by atoms with E-state index in [2.05, 4.69) is 21.2 Å². The summed E-state index contributed by atoms with van der Waals surface area (Å²) < 4.78 is 5.92. The topological polar surface area (TPSA) is 41.5 Å². The molecule has 0 aliphatic heterocycles. The zero-order valence-electron chi connectivity index (χ0n) is 9.62. The number of rotatable bonds is 7. The van der Waals surface area contributed by atoms with Gasteiger partial charge >= 0.3 is 0 Å². The lowest BCUT2D eigenvalue weighted by atomic mass is 9.95. The van der Waals surface area contributed by atoms with E-state index in [1.165, 1.54) is 0 Å². The van der Waals surface area contributed by atoms with Crippen molar-refractivity contribution < 1.29 is 9.84 Å². The molecule has 0 aromatic carbocycles. The number of hydrogen-bond donors (Lipinski definition) is 2. The summed E-state index contributed by atoms with van der Waals surface area (Å²) in [6.07, 6.45) is 0.687. The quantitative estimate of drug-likeness (QED) is 0.760. The first-order valence-corrected chi connectivity index (χ1v) is 6.95. The number of hydrogen-bond acceptors (Lipinski definition) is 4. The van der Waals surface area contributed by atoms with Crippen LogP contribution in [0.2, 0.25) is 0 Å². The third-order valence-electron chi connectivity index (χ3n) is 2.47. The molecule has 0 bridgehead atoms. The molecule has 0 aliphatic rings. The van der Waals surface area contributed by atoms with E-state index < -0.39 is 5.60 Å². The summed E-state index contributed by atoms with van der Waals surface area (Å²) in [6, 6.07) is 0. The molecule has 1 aromatic rings. The highest BCUT2D eigenvalue weighted by molar-refractivity contribution is 9.10. The Labute approximate surface area is 109 Å². The SMILES string of the molecule is COCCNCCC(C)(O)c1cscc1Br. The third kappa shape index (κ3) is 4.14. The van der Waals surface area contributed by atoms with Gasteiger partial charge in [-0.25, -0.2) is 0 Å². The van der Waals surface area contributed by atoms with Crippen molar-refractivity contribution in [1.82, 2.24) is 5.32 Å². The second kappa shape index (κ2) is 6.71. The number of nitrogens with one attached hydrogen (secondary N) is 1. The molecule has 1 aromatic heterocycles. The lowest BCUT2D eigenvalue weighted by molar-refractivity contribution is 0.0472. The van der Waals surface area contributed by atoms with E-state index in [9.17, 15) is 5.11 Å². The summed E-state index contributed by atoms with van der Waals surface area (Å²) in [7, 11) is 1.68. The Morgan fingerprint density at radius 2 is 2.25 bits per heavy atom. The highest BCUT2D eigenvalue weighted by Gasteiger charge is 2.25. The van der Waals surface area contributed by atoms with Crippen molar-refractivity contribution in [2.45, 2.75) is 18.9 Å². The van der Waals surface area contributed by atoms with Gasteiger partial charge in [0.25, 0.3) is 0 Å². The Balaban J connectivity index is 2.37. The van der Waals surface area contributed by atoms with Crippen molar-refractivity contribution in [3.63, 3.8) is 0 Å². The van der Waals surface area contributed by atoms with Gasteiger partial charge in [-0.2, -0.15) is 11.3 Å². The molecule has 1 heterocycles. The van der Waals surface area contributed by atoms with E-state index in [-0.39, 0.29) is 0 Å². The van der Waals surface area contributed by atoms with Crippen molar-refractivity contribution in [3.8, 4) is 0 Å². The molecule has 92 valence electrons. The van der Waals surface area contributed by atoms with E-state index in [1.807, 2.05) is 17.7 Å². The number of methoxy groups -OCH3 is 1. The first kappa shape index (κ1) is 14.1. The van der Waals surface area contributed by atoms with Crippen LogP contribution in [0.15, 0.2) is 15.2 Å². The third-order valence-corrected chi connectivity index (χ3v) is 4.17. The van der Waals surface area contributed by atoms with Crippen molar-refractivity contribution in [1.29, 1.82) is 0 Å². The van der Waals surface area contributed by atoms with Crippen LogP contribution in [0.1, 0.15) is 18.9 Å². The van der Waals surface area contributed by atoms with E-state index >= 15 is 0 Å². The van der Waals surface area contributed by atoms with Gasteiger partial charge in [-0.1, -0.05) is 0 Å². The molecule has 1 atom stereocenters. The van der Waals surface area contributed by atoms with Crippen molar-refractivity contribution in [3.05, 3.63) is 20.8 Å². The van der Waals surface area contributed by atoms with Crippen LogP contribution in [0, 0.1) is 0 Å². The Bertz CT molecular complexity index is 315. The van der Waals surface area contributed by atoms with Gasteiger partial charge in [0.05, 0.1) is 12.2 Å². The van der Waals surface area contributed by atoms with Gasteiger partial charge in [0.15, 0.2) is 0 Å². The molecular formula is C11H18BrNO2S. The molecule has 0 saturated carbocycles. The van der Waals surface area contributed by atoms with Crippen LogP contribution in [0.25, 0.3) is 0 Å². The van der Waals surface area contributed by atoms with Gasteiger partial charge in [-0.3, -0.25) is 0 Å². The molecule has 16 heavy (non-hydrogen) atoms. The fourth-order valence-corrected chi connectivity index (χ4v) is 3.28. The molecule has 0 amide bonds. The highest BCUT2D eigenvalue weighted by atomic mass is 79.9. The molecule has 0 radical (unpaired) electrons. The predicted molar refractivity (Wildman–Crippen MR) is 71.0 cm³/mol. The van der Waals surface area contributed by atoms with Gasteiger partial charge in [-0.15, -0.1) is 0 Å². The number of ether oxygens (including phenoxy) is 1. The average Bonchev–Trinajstić information content (AvgIpc) is 2.65. The molecule has 2 N–H and O–H groups in total. The van der Waals surface area contributed by atoms with Crippen LogP contribution in [-0.4, -0.2) is 31.9 Å². The van der Waals surface area contributed by atoms with Crippen molar-refractivity contribution in [2.75, 3.05) is 26.8 Å². The second-order valence-corrected chi connectivity index (χ2v) is 5.50. The molecule has 0 fully saturated rings. The maximum absolute atomic E-state index is 10.3. The Kier molecular flexibility index (Phi) is 5.92. The largest absolute Gasteiger partial charge is 0.385 e. The van der Waals surface area contributed by atoms with E-state index in [0.29, 0.717) is 13.0 Å². The molecule has 3 nitrogen and oxygen atoms in total. The van der Waals surface area contributed by atoms with Crippen LogP contribution < -0.4 is 5.32 Å². The summed E-state index contributed by atoms with van der Waals surface area (Å²) in [5, 5.41) is 17.5. The first-order chi connectivity index (χ1) is 7.58. The molecule has 0 saturated heterocycles. The van der Waals surface area contributed by atoms with Crippen LogP contribution in [0.3, 0.4) is 0 Å². The maximum Gasteiger partial charge on any atom is 0.0899 e. The minimum Gasteiger partial charge on any atom is -0.385 e. The Hall–Kier alpha value is 0.0600. The smallest absolute Gasteiger partial charge is 0.0899 e. The summed E-state index contributed by atoms with van der Waals surface area (Å²) >= 11 is 5.04. The van der Waals surface area contributed by atoms with Gasteiger partial charge in [-0.05, 0) is 41.2 Å². The van der Waals surface area contributed by atoms with Gasteiger partial charge in [0.1, 0.15) is 0 Å². The lowest BCUT2D eigenvalue weighted by Crippen LogP contribution is -2.29. The van der Waals surface area contributed by atoms with Crippen molar-refractivity contribution >= 4 is 27.3 Å². The minimum atomic E-state index is -0.779. The zero-order chi connectivity index (χ0) is 12.0. The van der Waals surface area contributed by atoms with Crippen LogP contribution in [0.5, 0.6) is 0 Å². The minimum absolute atomic E-state index is 0.687. The van der Waals surface area contributed by atoms with E-state index in [4.69, 9.17) is 4.74 Å². The number of halogens is 1. The normalized spacial score (nSPS) is 15.0. The zero-order valence-corrected chi connectivity index (χ0v) is 12.0. The van der Waals surface area contributed by atoms with Gasteiger partial charge < -0.3 is 15.2 Å². The van der Waals surface area contributed by atoms with Crippen LogP contribution in [-0.2, 0) is 10.3 Å². The predicted octanol–water partition coefficient (Wildman–Crippen LogP) is 2.34.